The standard InChI is InChI=1S/C18H20BrN7/c1-2-25-11-23-16-17(25)21-10-22-18(16)26-14-4-15(26)9-24(8-14)7-12-3-13(19)6-20-5-12/h3,5-6,10-11,14-15H,2,4,7-9H2,1H3. The van der Waals surface area contributed by atoms with E-state index in [0.29, 0.717) is 12.1 Å². The summed E-state index contributed by atoms with van der Waals surface area (Å²) in [7, 11) is 0. The quantitative estimate of drug-likeness (QED) is 0.654. The maximum absolute atomic E-state index is 4.59. The van der Waals surface area contributed by atoms with Crippen molar-refractivity contribution in [1.82, 2.24) is 29.4 Å². The van der Waals surface area contributed by atoms with E-state index in [0.717, 1.165) is 47.6 Å². The van der Waals surface area contributed by atoms with Gasteiger partial charge < -0.3 is 9.47 Å². The number of hydrogen-bond donors (Lipinski definition) is 0. The molecular formula is C18H20BrN7. The molecule has 2 unspecified atom stereocenters. The monoisotopic (exact) mass is 413 g/mol. The fourth-order valence-electron chi connectivity index (χ4n) is 4.26. The predicted octanol–water partition coefficient (Wildman–Crippen LogP) is 2.47. The Labute approximate surface area is 160 Å². The van der Waals surface area contributed by atoms with Gasteiger partial charge in [-0.2, -0.15) is 0 Å². The number of nitrogens with zero attached hydrogens (tertiary/aromatic N) is 7. The predicted molar refractivity (Wildman–Crippen MR) is 103 cm³/mol. The minimum Gasteiger partial charge on any atom is -0.346 e. The molecule has 3 aliphatic heterocycles. The van der Waals surface area contributed by atoms with Crippen LogP contribution < -0.4 is 4.90 Å². The number of imidazole rings is 1. The van der Waals surface area contributed by atoms with Crippen LogP contribution >= 0.6 is 15.9 Å². The second-order valence-electron chi connectivity index (χ2n) is 7.06. The van der Waals surface area contributed by atoms with Crippen LogP contribution in [0.5, 0.6) is 0 Å². The molecule has 2 bridgehead atoms. The van der Waals surface area contributed by atoms with Gasteiger partial charge in [-0.05, 0) is 40.9 Å². The van der Waals surface area contributed by atoms with Crippen LogP contribution in [0.3, 0.4) is 0 Å². The highest BCUT2D eigenvalue weighted by atomic mass is 79.9. The Morgan fingerprint density at radius 2 is 2.00 bits per heavy atom. The summed E-state index contributed by atoms with van der Waals surface area (Å²) in [4.78, 5) is 22.8. The number of anilines is 1. The Bertz CT molecular complexity index is 944. The van der Waals surface area contributed by atoms with Crippen molar-refractivity contribution in [3.8, 4) is 0 Å². The van der Waals surface area contributed by atoms with Crippen LogP contribution in [0, 0.1) is 0 Å². The van der Waals surface area contributed by atoms with Gasteiger partial charge in [-0.25, -0.2) is 15.0 Å². The average Bonchev–Trinajstić information content (AvgIpc) is 3.06. The fraction of sp³-hybridized carbons (Fsp3) is 0.444. The smallest absolute Gasteiger partial charge is 0.165 e. The van der Waals surface area contributed by atoms with Crippen molar-refractivity contribution in [2.75, 3.05) is 18.0 Å². The number of piperidine rings is 1. The number of halogens is 1. The second-order valence-corrected chi connectivity index (χ2v) is 7.97. The first kappa shape index (κ1) is 16.1. The van der Waals surface area contributed by atoms with Crippen LogP contribution in [0.1, 0.15) is 18.9 Å². The van der Waals surface area contributed by atoms with Crippen LogP contribution in [0.25, 0.3) is 11.2 Å². The maximum Gasteiger partial charge on any atom is 0.165 e. The third kappa shape index (κ3) is 2.59. The Balaban J connectivity index is 1.36. The van der Waals surface area contributed by atoms with Crippen molar-refractivity contribution in [2.45, 2.75) is 38.5 Å². The topological polar surface area (TPSA) is 63.0 Å². The van der Waals surface area contributed by atoms with E-state index in [9.17, 15) is 0 Å². The van der Waals surface area contributed by atoms with Crippen molar-refractivity contribution < 1.29 is 0 Å². The molecule has 3 fully saturated rings. The molecule has 3 aromatic rings. The van der Waals surface area contributed by atoms with Crippen LogP contribution in [0.4, 0.5) is 5.82 Å². The number of piperazine rings is 1. The Morgan fingerprint density at radius 1 is 1.15 bits per heavy atom. The SMILES string of the molecule is CCn1cnc2c(N3C4CC3CN(Cc3cncc(Br)c3)C4)ncnc21. The van der Waals surface area contributed by atoms with Crippen LogP contribution in [-0.4, -0.2) is 54.6 Å². The number of pyridine rings is 1. The molecule has 0 saturated carbocycles. The highest BCUT2D eigenvalue weighted by Gasteiger charge is 2.46. The van der Waals surface area contributed by atoms with Gasteiger partial charge in [-0.15, -0.1) is 0 Å². The molecule has 0 radical (unpaired) electrons. The first-order valence-corrected chi connectivity index (χ1v) is 9.78. The minimum atomic E-state index is 0.499. The summed E-state index contributed by atoms with van der Waals surface area (Å²) in [5, 5.41) is 0. The van der Waals surface area contributed by atoms with E-state index in [1.54, 1.807) is 6.33 Å². The molecule has 134 valence electrons. The molecule has 0 N–H and O–H groups in total. The van der Waals surface area contributed by atoms with Crippen molar-refractivity contribution in [2.24, 2.45) is 0 Å². The molecular weight excluding hydrogens is 394 g/mol. The summed E-state index contributed by atoms with van der Waals surface area (Å²) in [5.74, 6) is 0.993. The summed E-state index contributed by atoms with van der Waals surface area (Å²) in [6, 6.07) is 3.15. The van der Waals surface area contributed by atoms with E-state index < -0.39 is 0 Å². The number of hydrogen-bond acceptors (Lipinski definition) is 6. The molecule has 0 aliphatic carbocycles. The third-order valence-electron chi connectivity index (χ3n) is 5.40. The zero-order valence-electron chi connectivity index (χ0n) is 14.6. The van der Waals surface area contributed by atoms with Crippen molar-refractivity contribution in [1.29, 1.82) is 0 Å². The normalized spacial score (nSPS) is 22.6. The fourth-order valence-corrected chi connectivity index (χ4v) is 4.67. The molecule has 26 heavy (non-hydrogen) atoms. The Morgan fingerprint density at radius 3 is 2.77 bits per heavy atom. The zero-order chi connectivity index (χ0) is 17.7. The highest BCUT2D eigenvalue weighted by Crippen LogP contribution is 2.38. The van der Waals surface area contributed by atoms with E-state index in [2.05, 4.69) is 63.2 Å². The molecule has 8 heteroatoms. The molecule has 7 nitrogen and oxygen atoms in total. The van der Waals surface area contributed by atoms with Gasteiger partial charge in [0.2, 0.25) is 0 Å². The van der Waals surface area contributed by atoms with Crippen LogP contribution in [0.2, 0.25) is 0 Å². The van der Waals surface area contributed by atoms with Gasteiger partial charge in [0.05, 0.1) is 6.33 Å². The van der Waals surface area contributed by atoms with E-state index in [1.165, 1.54) is 12.0 Å². The first-order chi connectivity index (χ1) is 12.7. The molecule has 3 aliphatic rings. The van der Waals surface area contributed by atoms with Gasteiger partial charge in [-0.3, -0.25) is 9.88 Å². The average molecular weight is 414 g/mol. The molecule has 6 heterocycles. The van der Waals surface area contributed by atoms with Crippen LogP contribution in [0.15, 0.2) is 35.6 Å². The molecule has 2 atom stereocenters. The van der Waals surface area contributed by atoms with Gasteiger partial charge in [0.25, 0.3) is 0 Å². The minimum absolute atomic E-state index is 0.499. The summed E-state index contributed by atoms with van der Waals surface area (Å²) in [5.41, 5.74) is 3.10. The van der Waals surface area contributed by atoms with Gasteiger partial charge in [0, 0.05) is 55.1 Å². The summed E-state index contributed by atoms with van der Waals surface area (Å²) < 4.78 is 3.11. The number of rotatable bonds is 4. The number of aryl methyl sites for hydroxylation is 1. The van der Waals surface area contributed by atoms with Gasteiger partial charge >= 0.3 is 0 Å². The van der Waals surface area contributed by atoms with Crippen molar-refractivity contribution >= 4 is 32.9 Å². The lowest BCUT2D eigenvalue weighted by Gasteiger charge is -2.57. The van der Waals surface area contributed by atoms with Crippen molar-refractivity contribution in [3.63, 3.8) is 0 Å². The van der Waals surface area contributed by atoms with Gasteiger partial charge in [-0.1, -0.05) is 0 Å². The molecule has 0 aromatic carbocycles. The molecule has 3 aromatic heterocycles. The third-order valence-corrected chi connectivity index (χ3v) is 5.84. The Hall–Kier alpha value is -2.06. The molecule has 3 saturated heterocycles. The van der Waals surface area contributed by atoms with E-state index in [4.69, 9.17) is 0 Å². The van der Waals surface area contributed by atoms with E-state index in [1.807, 2.05) is 18.7 Å². The van der Waals surface area contributed by atoms with Gasteiger partial charge in [0.1, 0.15) is 6.33 Å². The van der Waals surface area contributed by atoms with E-state index in [-0.39, 0.29) is 0 Å². The molecule has 0 spiro atoms. The van der Waals surface area contributed by atoms with E-state index >= 15 is 0 Å². The maximum atomic E-state index is 4.59. The highest BCUT2D eigenvalue weighted by molar-refractivity contribution is 9.10. The zero-order valence-corrected chi connectivity index (χ0v) is 16.2. The lowest BCUT2D eigenvalue weighted by molar-refractivity contribution is 0.108. The number of fused-ring (bicyclic) bond motifs is 3. The van der Waals surface area contributed by atoms with Gasteiger partial charge in [0.15, 0.2) is 17.0 Å². The Kier molecular flexibility index (Phi) is 3.90. The number of aromatic nitrogens is 5. The first-order valence-electron chi connectivity index (χ1n) is 8.99. The lowest BCUT2D eigenvalue weighted by Crippen LogP contribution is -2.69. The second kappa shape index (κ2) is 6.28. The summed E-state index contributed by atoms with van der Waals surface area (Å²) in [6.45, 7) is 6.01. The van der Waals surface area contributed by atoms with Crippen LogP contribution in [-0.2, 0) is 13.1 Å². The summed E-state index contributed by atoms with van der Waals surface area (Å²) in [6.07, 6.45) is 8.55. The van der Waals surface area contributed by atoms with Crippen molar-refractivity contribution in [3.05, 3.63) is 41.2 Å². The molecule has 6 rings (SSSR count). The lowest BCUT2D eigenvalue weighted by atomic mass is 9.87. The largest absolute Gasteiger partial charge is 0.346 e. The molecule has 0 amide bonds. The summed E-state index contributed by atoms with van der Waals surface area (Å²) >= 11 is 3.51.